The van der Waals surface area contributed by atoms with E-state index in [0.717, 1.165) is 34.0 Å². The molecule has 17 heavy (non-hydrogen) atoms. The van der Waals surface area contributed by atoms with Crippen LogP contribution in [0.1, 0.15) is 11.7 Å². The number of halogens is 1. The highest BCUT2D eigenvalue weighted by Crippen LogP contribution is 2.32. The van der Waals surface area contributed by atoms with Gasteiger partial charge in [-0.3, -0.25) is 4.98 Å². The van der Waals surface area contributed by atoms with Gasteiger partial charge in [0.2, 0.25) is 0 Å². The second kappa shape index (κ2) is 4.37. The monoisotopic (exact) mass is 292 g/mol. The molecule has 0 amide bonds. The molecule has 1 aliphatic heterocycles. The zero-order chi connectivity index (χ0) is 11.8. The molecule has 1 aromatic carbocycles. The summed E-state index contributed by atoms with van der Waals surface area (Å²) >= 11 is 3.51. The molecule has 1 aliphatic rings. The van der Waals surface area contributed by atoms with Crippen molar-refractivity contribution in [2.75, 3.05) is 13.1 Å². The van der Waals surface area contributed by atoms with E-state index < -0.39 is 6.10 Å². The lowest BCUT2D eigenvalue weighted by Crippen LogP contribution is -2.45. The maximum Gasteiger partial charge on any atom is 0.0863 e. The molecule has 3 rings (SSSR count). The Morgan fingerprint density at radius 3 is 2.88 bits per heavy atom. The Bertz CT molecular complexity index is 554. The van der Waals surface area contributed by atoms with E-state index in [9.17, 15) is 5.11 Å². The molecule has 2 heterocycles. The number of hydrogen-bond acceptors (Lipinski definition) is 3. The first-order chi connectivity index (χ1) is 8.27. The van der Waals surface area contributed by atoms with E-state index in [-0.39, 0.29) is 0 Å². The van der Waals surface area contributed by atoms with E-state index in [1.807, 2.05) is 24.3 Å². The molecule has 1 aromatic heterocycles. The summed E-state index contributed by atoms with van der Waals surface area (Å²) in [6.07, 6.45) is 1.34. The standard InChI is InChI=1S/C13H13BrN2O/c14-11-4-3-10(13(17)8-6-15-7-8)12-9(11)2-1-5-16-12/h1-5,8,13,15,17H,6-7H2. The number of rotatable bonds is 2. The average molecular weight is 293 g/mol. The molecule has 1 atom stereocenters. The number of aliphatic hydroxyl groups is 1. The highest BCUT2D eigenvalue weighted by atomic mass is 79.9. The molecule has 0 bridgehead atoms. The van der Waals surface area contributed by atoms with Crippen LogP contribution in [0.5, 0.6) is 0 Å². The molecule has 1 saturated heterocycles. The van der Waals surface area contributed by atoms with Gasteiger partial charge >= 0.3 is 0 Å². The van der Waals surface area contributed by atoms with Crippen LogP contribution < -0.4 is 5.32 Å². The Morgan fingerprint density at radius 2 is 2.18 bits per heavy atom. The van der Waals surface area contributed by atoms with E-state index in [1.165, 1.54) is 0 Å². The van der Waals surface area contributed by atoms with E-state index in [4.69, 9.17) is 0 Å². The summed E-state index contributed by atoms with van der Waals surface area (Å²) in [6, 6.07) is 7.87. The third-order valence-corrected chi connectivity index (χ3v) is 4.02. The predicted octanol–water partition coefficient (Wildman–Crippen LogP) is 2.25. The molecule has 2 aromatic rings. The van der Waals surface area contributed by atoms with E-state index in [2.05, 4.69) is 26.2 Å². The van der Waals surface area contributed by atoms with Crippen molar-refractivity contribution in [2.24, 2.45) is 5.92 Å². The molecule has 3 nitrogen and oxygen atoms in total. The first kappa shape index (κ1) is 11.1. The van der Waals surface area contributed by atoms with Gasteiger partial charge in [0, 0.05) is 40.6 Å². The van der Waals surface area contributed by atoms with Crippen LogP contribution in [-0.4, -0.2) is 23.2 Å². The minimum absolute atomic E-state index is 0.307. The fraction of sp³-hybridized carbons (Fsp3) is 0.308. The fourth-order valence-electron chi connectivity index (χ4n) is 2.19. The summed E-state index contributed by atoms with van der Waals surface area (Å²) in [5.41, 5.74) is 1.82. The van der Waals surface area contributed by atoms with Crippen molar-refractivity contribution in [1.82, 2.24) is 10.3 Å². The third-order valence-electron chi connectivity index (χ3n) is 3.33. The zero-order valence-electron chi connectivity index (χ0n) is 9.23. The average Bonchev–Trinajstić information content (AvgIpc) is 2.27. The molecule has 1 fully saturated rings. The topological polar surface area (TPSA) is 45.2 Å². The second-order valence-electron chi connectivity index (χ2n) is 4.40. The van der Waals surface area contributed by atoms with Gasteiger partial charge in [-0.2, -0.15) is 0 Å². The van der Waals surface area contributed by atoms with Gasteiger partial charge in [0.25, 0.3) is 0 Å². The number of fused-ring (bicyclic) bond motifs is 1. The van der Waals surface area contributed by atoms with E-state index in [0.29, 0.717) is 5.92 Å². The Balaban J connectivity index is 2.12. The SMILES string of the molecule is OC(c1ccc(Br)c2cccnc12)C1CNC1. The molecule has 2 N–H and O–H groups in total. The molecule has 4 heteroatoms. The quantitative estimate of drug-likeness (QED) is 0.892. The van der Waals surface area contributed by atoms with Crippen molar-refractivity contribution < 1.29 is 5.11 Å². The second-order valence-corrected chi connectivity index (χ2v) is 5.25. The number of benzene rings is 1. The number of aliphatic hydroxyl groups excluding tert-OH is 1. The van der Waals surface area contributed by atoms with Crippen molar-refractivity contribution in [1.29, 1.82) is 0 Å². The lowest BCUT2D eigenvalue weighted by atomic mass is 9.90. The number of pyridine rings is 1. The minimum Gasteiger partial charge on any atom is -0.388 e. The summed E-state index contributed by atoms with van der Waals surface area (Å²) in [6.45, 7) is 1.76. The van der Waals surface area contributed by atoms with Crippen molar-refractivity contribution in [2.45, 2.75) is 6.10 Å². The maximum atomic E-state index is 10.3. The van der Waals surface area contributed by atoms with Gasteiger partial charge in [-0.15, -0.1) is 0 Å². The van der Waals surface area contributed by atoms with Gasteiger partial charge in [-0.1, -0.05) is 28.1 Å². The summed E-state index contributed by atoms with van der Waals surface area (Å²) in [5.74, 6) is 0.307. The van der Waals surface area contributed by atoms with Crippen LogP contribution in [0.15, 0.2) is 34.9 Å². The van der Waals surface area contributed by atoms with Crippen molar-refractivity contribution in [3.63, 3.8) is 0 Å². The first-order valence-corrected chi connectivity index (χ1v) is 6.48. The van der Waals surface area contributed by atoms with Gasteiger partial charge in [0.1, 0.15) is 0 Å². The third kappa shape index (κ3) is 1.86. The number of hydrogen-bond donors (Lipinski definition) is 2. The molecule has 0 saturated carbocycles. The highest BCUT2D eigenvalue weighted by Gasteiger charge is 2.28. The smallest absolute Gasteiger partial charge is 0.0863 e. The van der Waals surface area contributed by atoms with Crippen LogP contribution in [0.2, 0.25) is 0 Å². The van der Waals surface area contributed by atoms with Crippen molar-refractivity contribution in [3.8, 4) is 0 Å². The van der Waals surface area contributed by atoms with E-state index in [1.54, 1.807) is 6.20 Å². The highest BCUT2D eigenvalue weighted by molar-refractivity contribution is 9.10. The lowest BCUT2D eigenvalue weighted by Gasteiger charge is -2.32. The predicted molar refractivity (Wildman–Crippen MR) is 70.8 cm³/mol. The molecule has 0 radical (unpaired) electrons. The summed E-state index contributed by atoms with van der Waals surface area (Å²) in [5, 5.41) is 14.6. The van der Waals surface area contributed by atoms with E-state index >= 15 is 0 Å². The molecule has 0 aliphatic carbocycles. The number of nitrogens with zero attached hydrogens (tertiary/aromatic N) is 1. The normalized spacial score (nSPS) is 18.0. The van der Waals surface area contributed by atoms with Crippen molar-refractivity contribution >= 4 is 26.8 Å². The number of nitrogens with one attached hydrogen (secondary N) is 1. The Labute approximate surface area is 108 Å². The summed E-state index contributed by atoms with van der Waals surface area (Å²) in [7, 11) is 0. The van der Waals surface area contributed by atoms with Crippen LogP contribution in [-0.2, 0) is 0 Å². The molecular formula is C13H13BrN2O. The maximum absolute atomic E-state index is 10.3. The fourth-order valence-corrected chi connectivity index (χ4v) is 2.64. The molecule has 0 spiro atoms. The Kier molecular flexibility index (Phi) is 2.86. The Morgan fingerprint density at radius 1 is 1.35 bits per heavy atom. The molecular weight excluding hydrogens is 280 g/mol. The van der Waals surface area contributed by atoms with Crippen LogP contribution in [0.4, 0.5) is 0 Å². The number of aromatic nitrogens is 1. The molecule has 88 valence electrons. The zero-order valence-corrected chi connectivity index (χ0v) is 10.8. The Hall–Kier alpha value is -0.970. The van der Waals surface area contributed by atoms with Crippen LogP contribution in [0, 0.1) is 5.92 Å². The van der Waals surface area contributed by atoms with Gasteiger partial charge in [0.05, 0.1) is 11.6 Å². The van der Waals surface area contributed by atoms with Gasteiger partial charge in [-0.05, 0) is 12.1 Å². The molecule has 1 unspecified atom stereocenters. The van der Waals surface area contributed by atoms with Crippen LogP contribution in [0.25, 0.3) is 10.9 Å². The lowest BCUT2D eigenvalue weighted by molar-refractivity contribution is 0.0778. The summed E-state index contributed by atoms with van der Waals surface area (Å²) < 4.78 is 1.02. The largest absolute Gasteiger partial charge is 0.388 e. The van der Waals surface area contributed by atoms with Gasteiger partial charge < -0.3 is 10.4 Å². The van der Waals surface area contributed by atoms with Crippen LogP contribution in [0.3, 0.4) is 0 Å². The van der Waals surface area contributed by atoms with Gasteiger partial charge in [0.15, 0.2) is 0 Å². The minimum atomic E-state index is -0.429. The first-order valence-electron chi connectivity index (χ1n) is 5.69. The summed E-state index contributed by atoms with van der Waals surface area (Å²) in [4.78, 5) is 4.39. The van der Waals surface area contributed by atoms with Crippen LogP contribution >= 0.6 is 15.9 Å². The van der Waals surface area contributed by atoms with Gasteiger partial charge in [-0.25, -0.2) is 0 Å². The van der Waals surface area contributed by atoms with Crippen molar-refractivity contribution in [3.05, 3.63) is 40.5 Å².